The van der Waals surface area contributed by atoms with Gasteiger partial charge in [0.2, 0.25) is 0 Å². The minimum Gasteiger partial charge on any atom is -0.497 e. The number of ether oxygens (including phenoxy) is 4. The Morgan fingerprint density at radius 3 is 2.10 bits per heavy atom. The van der Waals surface area contributed by atoms with Gasteiger partial charge in [-0.3, -0.25) is 14.3 Å². The van der Waals surface area contributed by atoms with Crippen LogP contribution < -0.4 is 26.5 Å². The molecule has 3 aromatic carbocycles. The van der Waals surface area contributed by atoms with E-state index in [-0.39, 0.29) is 19.6 Å². The van der Waals surface area contributed by atoms with Crippen molar-refractivity contribution in [2.24, 2.45) is 5.73 Å². The topological polar surface area (TPSA) is 153 Å². The van der Waals surface area contributed by atoms with Gasteiger partial charge in [0.25, 0.3) is 5.56 Å². The van der Waals surface area contributed by atoms with Crippen molar-refractivity contribution in [3.63, 3.8) is 0 Å². The molecule has 1 fully saturated rings. The highest BCUT2D eigenvalue weighted by atomic mass is 31.1. The van der Waals surface area contributed by atoms with Crippen LogP contribution in [0.2, 0.25) is 0 Å². The molecule has 0 spiro atoms. The summed E-state index contributed by atoms with van der Waals surface area (Å²) in [6, 6.07) is 25.0. The van der Waals surface area contributed by atoms with Crippen LogP contribution in [0.25, 0.3) is 0 Å². The highest BCUT2D eigenvalue weighted by Gasteiger charge is 2.46. The Balaban J connectivity index is 1.53. The number of hydrogen-bond donors (Lipinski definition) is 2. The van der Waals surface area contributed by atoms with Gasteiger partial charge in [-0.05, 0) is 67.3 Å². The summed E-state index contributed by atoms with van der Waals surface area (Å²) >= 11 is 0. The summed E-state index contributed by atoms with van der Waals surface area (Å²) in [6.45, 7) is 2.27. The van der Waals surface area contributed by atoms with Crippen LogP contribution in [0.1, 0.15) is 47.7 Å². The number of nitrogens with zero attached hydrogens (tertiary/aromatic N) is 1. The van der Waals surface area contributed by atoms with Crippen LogP contribution in [0.15, 0.2) is 94.6 Å². The molecule has 2 heterocycles. The molecule has 1 unspecified atom stereocenters. The predicted molar refractivity (Wildman–Crippen MR) is 180 cm³/mol. The lowest BCUT2D eigenvalue weighted by molar-refractivity contribution is -0.0920. The molecule has 0 aliphatic carbocycles. The minimum absolute atomic E-state index is 0.0401. The van der Waals surface area contributed by atoms with E-state index in [1.54, 1.807) is 21.1 Å². The van der Waals surface area contributed by atoms with Gasteiger partial charge in [-0.25, -0.2) is 4.79 Å². The first-order chi connectivity index (χ1) is 23.3. The monoisotopic (exact) mass is 678 g/mol. The summed E-state index contributed by atoms with van der Waals surface area (Å²) < 4.78 is 49.9. The SMILES string of the molecule is COc1ccc(C(OC[C@H]2O[C@@H](n3cc(C)c(=O)[nH]c3=O)C[C@@H]2O[P+](=O)OCCCCN)(c2ccccc2)c2ccc(OC)cc2)cc1. The van der Waals surface area contributed by atoms with Crippen LogP contribution in [-0.4, -0.2) is 55.7 Å². The van der Waals surface area contributed by atoms with E-state index in [0.717, 1.165) is 23.1 Å². The molecule has 48 heavy (non-hydrogen) atoms. The maximum atomic E-state index is 12.9. The van der Waals surface area contributed by atoms with Crippen LogP contribution in [-0.2, 0) is 28.7 Å². The van der Waals surface area contributed by atoms with Crippen molar-refractivity contribution in [2.75, 3.05) is 34.0 Å². The third-order valence-electron chi connectivity index (χ3n) is 8.29. The lowest BCUT2D eigenvalue weighted by Crippen LogP contribution is -2.38. The zero-order chi connectivity index (χ0) is 34.1. The quantitative estimate of drug-likeness (QED) is 0.0945. The van der Waals surface area contributed by atoms with Crippen molar-refractivity contribution < 1.29 is 32.6 Å². The standard InChI is InChI=1S/C35H40N3O9P/c1-24-22-38(34(40)37-33(24)39)32-21-30(47-48(41)45-20-8-7-19-36)31(46-32)23-44-35(25-9-5-4-6-10-25,26-11-15-28(42-2)16-12-26)27-13-17-29(43-3)18-14-27/h4-6,9-18,22,30-32H,7-8,19-21,23,36H2,1-3H3/p+1/t30-,31+,32+/m0/s1. The van der Waals surface area contributed by atoms with Crippen molar-refractivity contribution in [3.05, 3.63) is 128 Å². The van der Waals surface area contributed by atoms with E-state index in [1.165, 1.54) is 10.8 Å². The second-order valence-corrected chi connectivity index (χ2v) is 12.3. The van der Waals surface area contributed by atoms with Gasteiger partial charge in [-0.15, -0.1) is 9.05 Å². The molecule has 0 radical (unpaired) electrons. The summed E-state index contributed by atoms with van der Waals surface area (Å²) in [5.74, 6) is 1.37. The predicted octanol–water partition coefficient (Wildman–Crippen LogP) is 4.96. The Bertz CT molecular complexity index is 1710. The van der Waals surface area contributed by atoms with Crippen molar-refractivity contribution in [1.82, 2.24) is 9.55 Å². The van der Waals surface area contributed by atoms with Gasteiger partial charge >= 0.3 is 13.9 Å². The fourth-order valence-electron chi connectivity index (χ4n) is 5.74. The number of aromatic nitrogens is 2. The van der Waals surface area contributed by atoms with Gasteiger partial charge in [0.1, 0.15) is 42.1 Å². The molecule has 5 rings (SSSR count). The second-order valence-electron chi connectivity index (χ2n) is 11.4. The summed E-state index contributed by atoms with van der Waals surface area (Å²) in [5, 5.41) is 0. The highest BCUT2D eigenvalue weighted by Crippen LogP contribution is 2.44. The lowest BCUT2D eigenvalue weighted by Gasteiger charge is -2.37. The summed E-state index contributed by atoms with van der Waals surface area (Å²) in [5.41, 5.74) is 6.11. The highest BCUT2D eigenvalue weighted by molar-refractivity contribution is 7.33. The molecule has 1 saturated heterocycles. The first-order valence-corrected chi connectivity index (χ1v) is 16.8. The fourth-order valence-corrected chi connectivity index (χ4v) is 6.52. The summed E-state index contributed by atoms with van der Waals surface area (Å²) in [7, 11) is 0.690. The Hall–Kier alpha value is -4.16. The second kappa shape index (κ2) is 16.3. The van der Waals surface area contributed by atoms with Gasteiger partial charge in [-0.1, -0.05) is 54.6 Å². The Morgan fingerprint density at radius 1 is 0.917 bits per heavy atom. The molecule has 254 valence electrons. The molecule has 0 saturated carbocycles. The van der Waals surface area contributed by atoms with Crippen LogP contribution in [0.3, 0.4) is 0 Å². The zero-order valence-electron chi connectivity index (χ0n) is 27.2. The smallest absolute Gasteiger partial charge is 0.497 e. The zero-order valence-corrected chi connectivity index (χ0v) is 28.1. The van der Waals surface area contributed by atoms with Crippen LogP contribution in [0.5, 0.6) is 11.5 Å². The molecule has 3 N–H and O–H groups in total. The Morgan fingerprint density at radius 2 is 1.52 bits per heavy atom. The van der Waals surface area contributed by atoms with Crippen LogP contribution >= 0.6 is 8.25 Å². The molecular weight excluding hydrogens is 637 g/mol. The molecular formula is C35H41N3O9P+. The number of H-pyrrole nitrogens is 1. The van der Waals surface area contributed by atoms with Crippen molar-refractivity contribution in [1.29, 1.82) is 0 Å². The minimum atomic E-state index is -2.52. The number of aryl methyl sites for hydroxylation is 1. The molecule has 12 nitrogen and oxygen atoms in total. The maximum Gasteiger partial charge on any atom is 0.697 e. The Kier molecular flexibility index (Phi) is 11.9. The van der Waals surface area contributed by atoms with E-state index in [9.17, 15) is 14.2 Å². The van der Waals surface area contributed by atoms with E-state index in [2.05, 4.69) is 4.98 Å². The van der Waals surface area contributed by atoms with Crippen molar-refractivity contribution in [3.8, 4) is 11.5 Å². The summed E-state index contributed by atoms with van der Waals surface area (Å²) in [4.78, 5) is 27.2. The third kappa shape index (κ3) is 7.92. The van der Waals surface area contributed by atoms with Crippen molar-refractivity contribution in [2.45, 2.75) is 50.2 Å². The van der Waals surface area contributed by atoms with Gasteiger partial charge in [-0.2, -0.15) is 0 Å². The number of hydrogen-bond acceptors (Lipinski definition) is 10. The van der Waals surface area contributed by atoms with Crippen molar-refractivity contribution >= 4 is 8.25 Å². The largest absolute Gasteiger partial charge is 0.697 e. The lowest BCUT2D eigenvalue weighted by atomic mass is 9.80. The van der Waals surface area contributed by atoms with E-state index in [0.29, 0.717) is 30.0 Å². The van der Waals surface area contributed by atoms with E-state index in [4.69, 9.17) is 33.7 Å². The first kappa shape index (κ1) is 35.2. The average molecular weight is 679 g/mol. The van der Waals surface area contributed by atoms with Gasteiger partial charge in [0.05, 0.1) is 20.8 Å². The van der Waals surface area contributed by atoms with E-state index < -0.39 is 43.5 Å². The number of nitrogens with one attached hydrogen (secondary N) is 1. The molecule has 4 aromatic rings. The summed E-state index contributed by atoms with van der Waals surface area (Å²) in [6.07, 6.45) is 0.537. The van der Waals surface area contributed by atoms with Crippen LogP contribution in [0, 0.1) is 6.92 Å². The van der Waals surface area contributed by atoms with E-state index >= 15 is 0 Å². The number of aromatic amines is 1. The van der Waals surface area contributed by atoms with Crippen LogP contribution in [0.4, 0.5) is 0 Å². The number of unbranched alkanes of at least 4 members (excludes halogenated alkanes) is 1. The molecule has 0 amide bonds. The van der Waals surface area contributed by atoms with E-state index in [1.807, 2.05) is 78.9 Å². The molecule has 1 aliphatic heterocycles. The van der Waals surface area contributed by atoms with Gasteiger partial charge in [0.15, 0.2) is 0 Å². The number of nitrogens with two attached hydrogens (primary N) is 1. The van der Waals surface area contributed by atoms with Gasteiger partial charge < -0.3 is 24.7 Å². The number of rotatable bonds is 16. The molecule has 4 atom stereocenters. The maximum absolute atomic E-state index is 12.9. The molecule has 1 aliphatic rings. The molecule has 13 heteroatoms. The fraction of sp³-hybridized carbons (Fsp3) is 0.371. The average Bonchev–Trinajstić information content (AvgIpc) is 3.51. The first-order valence-electron chi connectivity index (χ1n) is 15.7. The molecule has 0 bridgehead atoms. The number of benzene rings is 3. The van der Waals surface area contributed by atoms with Gasteiger partial charge in [0, 0.05) is 22.7 Å². The Labute approximate surface area is 279 Å². The number of methoxy groups -OCH3 is 2. The third-order valence-corrected chi connectivity index (χ3v) is 9.13. The molecule has 1 aromatic heterocycles. The normalized spacial score (nSPS) is 18.1.